The third-order valence-electron chi connectivity index (χ3n) is 5.48. The summed E-state index contributed by atoms with van der Waals surface area (Å²) in [6.45, 7) is 7.97. The zero-order valence-electron chi connectivity index (χ0n) is 18.8. The minimum atomic E-state index is -0.125. The Morgan fingerprint density at radius 2 is 1.84 bits per heavy atom. The molecule has 1 atom stereocenters. The van der Waals surface area contributed by atoms with Crippen LogP contribution in [0.3, 0.4) is 0 Å². The largest absolute Gasteiger partial charge is 0.326 e. The minimum absolute atomic E-state index is 0.0853. The number of thioether (sulfide) groups is 1. The van der Waals surface area contributed by atoms with Crippen molar-refractivity contribution >= 4 is 56.5 Å². The van der Waals surface area contributed by atoms with E-state index in [1.54, 1.807) is 35.6 Å². The summed E-state index contributed by atoms with van der Waals surface area (Å²) in [4.78, 5) is 36.0. The van der Waals surface area contributed by atoms with Crippen LogP contribution in [0, 0.1) is 5.92 Å². The van der Waals surface area contributed by atoms with Crippen LogP contribution in [-0.2, 0) is 22.4 Å². The molecule has 0 radical (unpaired) electrons. The van der Waals surface area contributed by atoms with Gasteiger partial charge in [0.15, 0.2) is 0 Å². The minimum Gasteiger partial charge on any atom is -0.326 e. The number of fused-ring (bicyclic) bond motifs is 3. The molecule has 2 amide bonds. The van der Waals surface area contributed by atoms with E-state index in [1.807, 2.05) is 0 Å². The molecule has 0 bridgehead atoms. The van der Waals surface area contributed by atoms with Gasteiger partial charge in [0.25, 0.3) is 0 Å². The van der Waals surface area contributed by atoms with Crippen LogP contribution in [-0.4, -0.2) is 27.5 Å². The van der Waals surface area contributed by atoms with E-state index in [-0.39, 0.29) is 23.5 Å². The number of amides is 2. The van der Waals surface area contributed by atoms with Gasteiger partial charge in [-0.3, -0.25) is 9.59 Å². The summed E-state index contributed by atoms with van der Waals surface area (Å²) in [6, 6.07) is 7.10. The van der Waals surface area contributed by atoms with E-state index in [2.05, 4.69) is 31.4 Å². The quantitative estimate of drug-likeness (QED) is 0.362. The number of nitrogens with zero attached hydrogens (tertiary/aromatic N) is 2. The number of aromatic nitrogens is 2. The molecule has 0 aliphatic heterocycles. The number of carbonyl (C=O) groups excluding carboxylic acids is 2. The second-order valence-electron chi connectivity index (χ2n) is 8.67. The van der Waals surface area contributed by atoms with E-state index >= 15 is 0 Å². The topological polar surface area (TPSA) is 84.0 Å². The number of anilines is 2. The highest BCUT2D eigenvalue weighted by atomic mass is 32.2. The SMILES string of the molecule is CC(=O)Nc1ccc(NC(=O)CSc2nc(C(C)C)nc3sc4c(c23)CC[C@H](C)C4)cc1. The molecule has 1 aliphatic carbocycles. The zero-order chi connectivity index (χ0) is 22.8. The number of aryl methyl sites for hydroxylation is 1. The highest BCUT2D eigenvalue weighted by Gasteiger charge is 2.24. The highest BCUT2D eigenvalue weighted by Crippen LogP contribution is 2.41. The molecule has 6 nitrogen and oxygen atoms in total. The van der Waals surface area contributed by atoms with Crippen LogP contribution >= 0.6 is 23.1 Å². The van der Waals surface area contributed by atoms with Crippen LogP contribution in [0.15, 0.2) is 29.3 Å². The fraction of sp³-hybridized carbons (Fsp3) is 0.417. The average Bonchev–Trinajstić information content (AvgIpc) is 3.10. The predicted molar refractivity (Wildman–Crippen MR) is 133 cm³/mol. The summed E-state index contributed by atoms with van der Waals surface area (Å²) in [5.74, 6) is 1.83. The van der Waals surface area contributed by atoms with Gasteiger partial charge in [-0.05, 0) is 55.0 Å². The van der Waals surface area contributed by atoms with E-state index < -0.39 is 0 Å². The molecule has 1 aromatic carbocycles. The van der Waals surface area contributed by atoms with Gasteiger partial charge in [-0.15, -0.1) is 11.3 Å². The van der Waals surface area contributed by atoms with Crippen molar-refractivity contribution in [3.63, 3.8) is 0 Å². The summed E-state index contributed by atoms with van der Waals surface area (Å²) in [6.07, 6.45) is 3.34. The van der Waals surface area contributed by atoms with Crippen LogP contribution in [0.25, 0.3) is 10.2 Å². The number of thiophene rings is 1. The van der Waals surface area contributed by atoms with Crippen molar-refractivity contribution in [1.82, 2.24) is 9.97 Å². The van der Waals surface area contributed by atoms with Crippen LogP contribution in [0.4, 0.5) is 11.4 Å². The van der Waals surface area contributed by atoms with Crippen molar-refractivity contribution in [1.29, 1.82) is 0 Å². The smallest absolute Gasteiger partial charge is 0.234 e. The van der Waals surface area contributed by atoms with E-state index in [9.17, 15) is 9.59 Å². The Morgan fingerprint density at radius 1 is 1.16 bits per heavy atom. The van der Waals surface area contributed by atoms with Crippen molar-refractivity contribution in [3.05, 3.63) is 40.5 Å². The molecule has 2 aromatic heterocycles. The van der Waals surface area contributed by atoms with Gasteiger partial charge in [0.2, 0.25) is 11.8 Å². The Balaban J connectivity index is 1.51. The number of hydrogen-bond acceptors (Lipinski definition) is 6. The van der Waals surface area contributed by atoms with E-state index in [1.165, 1.54) is 35.5 Å². The maximum atomic E-state index is 12.6. The first-order chi connectivity index (χ1) is 15.3. The van der Waals surface area contributed by atoms with Crippen LogP contribution in [0.5, 0.6) is 0 Å². The predicted octanol–water partition coefficient (Wildman–Crippen LogP) is 5.63. The van der Waals surface area contributed by atoms with E-state index in [0.29, 0.717) is 17.3 Å². The number of nitrogens with one attached hydrogen (secondary N) is 2. The van der Waals surface area contributed by atoms with Crippen LogP contribution < -0.4 is 10.6 Å². The lowest BCUT2D eigenvalue weighted by molar-refractivity contribution is -0.114. The lowest BCUT2D eigenvalue weighted by Gasteiger charge is -2.18. The summed E-state index contributed by atoms with van der Waals surface area (Å²) < 4.78 is 0. The molecule has 2 N–H and O–H groups in total. The maximum Gasteiger partial charge on any atom is 0.234 e. The van der Waals surface area contributed by atoms with Crippen molar-refractivity contribution in [2.24, 2.45) is 5.92 Å². The van der Waals surface area contributed by atoms with Crippen molar-refractivity contribution in [2.45, 2.75) is 57.9 Å². The molecule has 3 aromatic rings. The summed E-state index contributed by atoms with van der Waals surface area (Å²) in [5, 5.41) is 7.72. The first-order valence-electron chi connectivity index (χ1n) is 10.9. The molecule has 0 unspecified atom stereocenters. The van der Waals surface area contributed by atoms with Gasteiger partial charge in [-0.25, -0.2) is 9.97 Å². The van der Waals surface area contributed by atoms with Crippen molar-refractivity contribution < 1.29 is 9.59 Å². The molecular formula is C24H28N4O2S2. The fourth-order valence-electron chi connectivity index (χ4n) is 3.86. The first kappa shape index (κ1) is 22.7. The number of hydrogen-bond donors (Lipinski definition) is 2. The van der Waals surface area contributed by atoms with E-state index in [0.717, 1.165) is 33.9 Å². The summed E-state index contributed by atoms with van der Waals surface area (Å²) >= 11 is 3.28. The zero-order valence-corrected chi connectivity index (χ0v) is 20.5. The molecule has 8 heteroatoms. The molecule has 0 saturated heterocycles. The first-order valence-corrected chi connectivity index (χ1v) is 12.7. The third-order valence-corrected chi connectivity index (χ3v) is 7.61. The second kappa shape index (κ2) is 9.58. The normalized spacial score (nSPS) is 15.6. The second-order valence-corrected chi connectivity index (χ2v) is 10.7. The molecule has 168 valence electrons. The van der Waals surface area contributed by atoms with Gasteiger partial charge < -0.3 is 10.6 Å². The highest BCUT2D eigenvalue weighted by molar-refractivity contribution is 8.00. The molecule has 4 rings (SSSR count). The summed E-state index contributed by atoms with van der Waals surface area (Å²) in [5.41, 5.74) is 2.78. The van der Waals surface area contributed by atoms with Crippen LogP contribution in [0.1, 0.15) is 56.3 Å². The van der Waals surface area contributed by atoms with Gasteiger partial charge in [0.1, 0.15) is 15.7 Å². The van der Waals surface area contributed by atoms with Crippen molar-refractivity contribution in [2.75, 3.05) is 16.4 Å². The standard InChI is InChI=1S/C24H28N4O2S2/c1-13(2)22-27-23(21-18-10-5-14(3)11-19(18)32-24(21)28-22)31-12-20(30)26-17-8-6-16(7-9-17)25-15(4)29/h6-9,13-14H,5,10-12H2,1-4H3,(H,25,29)(H,26,30)/t14-/m0/s1. The Kier molecular flexibility index (Phi) is 6.81. The monoisotopic (exact) mass is 468 g/mol. The van der Waals surface area contributed by atoms with Crippen LogP contribution in [0.2, 0.25) is 0 Å². The number of benzene rings is 1. The lowest BCUT2D eigenvalue weighted by atomic mass is 9.89. The lowest BCUT2D eigenvalue weighted by Crippen LogP contribution is -2.14. The molecule has 32 heavy (non-hydrogen) atoms. The van der Waals surface area contributed by atoms with Gasteiger partial charge in [-0.2, -0.15) is 0 Å². The average molecular weight is 469 g/mol. The number of rotatable bonds is 6. The maximum absolute atomic E-state index is 12.6. The molecule has 0 saturated carbocycles. The molecular weight excluding hydrogens is 440 g/mol. The van der Waals surface area contributed by atoms with Crippen molar-refractivity contribution in [3.8, 4) is 0 Å². The van der Waals surface area contributed by atoms with Gasteiger partial charge in [0, 0.05) is 34.5 Å². The Bertz CT molecular complexity index is 1160. The van der Waals surface area contributed by atoms with Gasteiger partial charge >= 0.3 is 0 Å². The summed E-state index contributed by atoms with van der Waals surface area (Å²) in [7, 11) is 0. The van der Waals surface area contributed by atoms with Gasteiger partial charge in [0.05, 0.1) is 5.75 Å². The van der Waals surface area contributed by atoms with E-state index in [4.69, 9.17) is 9.97 Å². The van der Waals surface area contributed by atoms with Gasteiger partial charge in [-0.1, -0.05) is 32.5 Å². The molecule has 2 heterocycles. The fourth-order valence-corrected chi connectivity index (χ4v) is 6.17. The number of carbonyl (C=O) groups is 2. The molecule has 0 fully saturated rings. The molecule has 0 spiro atoms. The Morgan fingerprint density at radius 3 is 2.50 bits per heavy atom. The Labute approximate surface area is 196 Å². The Hall–Kier alpha value is -2.45. The molecule has 1 aliphatic rings. The third kappa shape index (κ3) is 5.13.